The Balaban J connectivity index is 1.93. The molecular weight excluding hydrogens is 439 g/mol. The molecular formula is C23H30F3N3O4. The SMILES string of the molecule is CCN(CC)CCNC(=O)c1ccc(NC(=O)CC2=CC=C(OC(F)(F)F)CC2)cc1OC. The number of hydrogen-bond donors (Lipinski definition) is 2. The van der Waals surface area contributed by atoms with Crippen molar-refractivity contribution in [3.05, 3.63) is 47.2 Å². The molecule has 0 saturated heterocycles. The summed E-state index contributed by atoms with van der Waals surface area (Å²) in [5, 5.41) is 5.59. The zero-order chi connectivity index (χ0) is 24.4. The number of nitrogens with zero attached hydrogens (tertiary/aromatic N) is 1. The molecule has 0 bridgehead atoms. The Labute approximate surface area is 191 Å². The van der Waals surface area contributed by atoms with Crippen molar-refractivity contribution in [1.29, 1.82) is 0 Å². The average molecular weight is 470 g/mol. The number of carbonyl (C=O) groups is 2. The maximum atomic E-state index is 12.5. The number of ether oxygens (including phenoxy) is 2. The number of amides is 2. The van der Waals surface area contributed by atoms with E-state index in [0.29, 0.717) is 35.5 Å². The maximum Gasteiger partial charge on any atom is 0.572 e. The molecule has 0 heterocycles. The minimum atomic E-state index is -4.72. The number of carbonyl (C=O) groups excluding carboxylic acids is 2. The van der Waals surface area contributed by atoms with E-state index in [1.807, 2.05) is 0 Å². The highest BCUT2D eigenvalue weighted by Gasteiger charge is 2.32. The van der Waals surface area contributed by atoms with Gasteiger partial charge in [0.1, 0.15) is 11.5 Å². The fourth-order valence-corrected chi connectivity index (χ4v) is 3.37. The van der Waals surface area contributed by atoms with Gasteiger partial charge in [0.2, 0.25) is 5.91 Å². The zero-order valence-corrected chi connectivity index (χ0v) is 19.1. The second-order valence-corrected chi connectivity index (χ2v) is 7.43. The third-order valence-electron chi connectivity index (χ3n) is 5.17. The second kappa shape index (κ2) is 12.3. The van der Waals surface area contributed by atoms with Crippen LogP contribution in [0.1, 0.15) is 43.5 Å². The summed E-state index contributed by atoms with van der Waals surface area (Å²) in [5.41, 5.74) is 1.50. The molecule has 0 spiro atoms. The summed E-state index contributed by atoms with van der Waals surface area (Å²) >= 11 is 0. The van der Waals surface area contributed by atoms with Gasteiger partial charge in [0.25, 0.3) is 5.91 Å². The molecule has 0 atom stereocenters. The van der Waals surface area contributed by atoms with Gasteiger partial charge in [-0.1, -0.05) is 25.5 Å². The Hall–Kier alpha value is -3.01. The topological polar surface area (TPSA) is 79.9 Å². The third-order valence-corrected chi connectivity index (χ3v) is 5.17. The number of rotatable bonds is 11. The van der Waals surface area contributed by atoms with Gasteiger partial charge in [0.05, 0.1) is 12.7 Å². The lowest BCUT2D eigenvalue weighted by Gasteiger charge is -2.18. The summed E-state index contributed by atoms with van der Waals surface area (Å²) in [6.07, 6.45) is -1.61. The number of benzene rings is 1. The molecule has 0 aliphatic heterocycles. The number of nitrogens with one attached hydrogen (secondary N) is 2. The smallest absolute Gasteiger partial charge is 0.496 e. The molecule has 1 aromatic carbocycles. The number of likely N-dealkylation sites (N-methyl/N-ethyl adjacent to an activating group) is 1. The van der Waals surface area contributed by atoms with Gasteiger partial charge in [-0.25, -0.2) is 0 Å². The van der Waals surface area contributed by atoms with Crippen molar-refractivity contribution in [3.8, 4) is 5.75 Å². The molecule has 33 heavy (non-hydrogen) atoms. The summed E-state index contributed by atoms with van der Waals surface area (Å²) in [7, 11) is 1.44. The van der Waals surface area contributed by atoms with E-state index in [-0.39, 0.29) is 30.4 Å². The summed E-state index contributed by atoms with van der Waals surface area (Å²) in [4.78, 5) is 27.1. The van der Waals surface area contributed by atoms with Crippen LogP contribution in [0.2, 0.25) is 0 Å². The van der Waals surface area contributed by atoms with Crippen molar-refractivity contribution in [3.63, 3.8) is 0 Å². The van der Waals surface area contributed by atoms with Gasteiger partial charge in [-0.15, -0.1) is 13.2 Å². The summed E-state index contributed by atoms with van der Waals surface area (Å²) in [5.74, 6) is -0.453. The first-order valence-electron chi connectivity index (χ1n) is 10.8. The number of methoxy groups -OCH3 is 1. The molecule has 7 nitrogen and oxygen atoms in total. The normalized spacial score (nSPS) is 13.8. The van der Waals surface area contributed by atoms with Gasteiger partial charge in [-0.2, -0.15) is 0 Å². The molecule has 1 aliphatic rings. The van der Waals surface area contributed by atoms with Gasteiger partial charge in [-0.05, 0) is 37.7 Å². The van der Waals surface area contributed by atoms with E-state index in [0.717, 1.165) is 19.6 Å². The van der Waals surface area contributed by atoms with Crippen molar-refractivity contribution in [2.24, 2.45) is 0 Å². The monoisotopic (exact) mass is 469 g/mol. The van der Waals surface area contributed by atoms with Crippen LogP contribution in [-0.4, -0.2) is 56.4 Å². The number of halogens is 3. The van der Waals surface area contributed by atoms with Crippen LogP contribution >= 0.6 is 0 Å². The molecule has 1 aliphatic carbocycles. The maximum absolute atomic E-state index is 12.5. The van der Waals surface area contributed by atoms with Crippen LogP contribution in [0.3, 0.4) is 0 Å². The Kier molecular flexibility index (Phi) is 9.77. The van der Waals surface area contributed by atoms with E-state index in [1.54, 1.807) is 18.2 Å². The Bertz CT molecular complexity index is 893. The van der Waals surface area contributed by atoms with E-state index in [9.17, 15) is 22.8 Å². The second-order valence-electron chi connectivity index (χ2n) is 7.43. The van der Waals surface area contributed by atoms with Crippen molar-refractivity contribution < 1.29 is 32.2 Å². The first kappa shape index (κ1) is 26.2. The van der Waals surface area contributed by atoms with E-state index in [1.165, 1.54) is 19.3 Å². The van der Waals surface area contributed by atoms with Crippen molar-refractivity contribution in [2.45, 2.75) is 39.5 Å². The molecule has 0 aromatic heterocycles. The molecule has 1 aromatic rings. The highest BCUT2D eigenvalue weighted by molar-refractivity contribution is 5.98. The predicted octanol–water partition coefficient (Wildman–Crippen LogP) is 4.24. The van der Waals surface area contributed by atoms with Crippen LogP contribution < -0.4 is 15.4 Å². The van der Waals surface area contributed by atoms with Gasteiger partial charge in [0.15, 0.2) is 0 Å². The Morgan fingerprint density at radius 2 is 1.85 bits per heavy atom. The fourth-order valence-electron chi connectivity index (χ4n) is 3.37. The van der Waals surface area contributed by atoms with E-state index in [2.05, 4.69) is 34.1 Å². The minimum absolute atomic E-state index is 0.0334. The van der Waals surface area contributed by atoms with Gasteiger partial charge >= 0.3 is 6.36 Å². The molecule has 0 saturated carbocycles. The number of hydrogen-bond acceptors (Lipinski definition) is 5. The first-order valence-corrected chi connectivity index (χ1v) is 10.8. The quantitative estimate of drug-likeness (QED) is 0.507. The molecule has 0 unspecified atom stereocenters. The van der Waals surface area contributed by atoms with Crippen molar-refractivity contribution in [2.75, 3.05) is 38.6 Å². The standard InChI is InChI=1S/C23H30F3N3O4/c1-4-29(5-2)13-12-27-22(31)19-11-8-17(15-20(19)32-3)28-21(30)14-16-6-9-18(10-7-16)33-23(24,25)26/h6,8-9,11,15H,4-5,7,10,12-14H2,1-3H3,(H,27,31)(H,28,30). The number of alkyl halides is 3. The van der Waals surface area contributed by atoms with Crippen LogP contribution in [0.5, 0.6) is 5.75 Å². The molecule has 2 N–H and O–H groups in total. The van der Waals surface area contributed by atoms with Crippen LogP contribution in [0.15, 0.2) is 41.7 Å². The lowest BCUT2D eigenvalue weighted by Crippen LogP contribution is -2.34. The first-order chi connectivity index (χ1) is 15.6. The van der Waals surface area contributed by atoms with E-state index < -0.39 is 6.36 Å². The average Bonchev–Trinajstić information content (AvgIpc) is 2.76. The van der Waals surface area contributed by atoms with Crippen LogP contribution in [-0.2, 0) is 9.53 Å². The highest BCUT2D eigenvalue weighted by atomic mass is 19.4. The lowest BCUT2D eigenvalue weighted by atomic mass is 10.0. The van der Waals surface area contributed by atoms with Gasteiger partial charge < -0.3 is 25.0 Å². The molecule has 0 radical (unpaired) electrons. The molecule has 2 rings (SSSR count). The van der Waals surface area contributed by atoms with Gasteiger partial charge in [0, 0.05) is 37.7 Å². The minimum Gasteiger partial charge on any atom is -0.496 e. The van der Waals surface area contributed by atoms with Gasteiger partial charge in [-0.3, -0.25) is 9.59 Å². The zero-order valence-electron chi connectivity index (χ0n) is 19.1. The van der Waals surface area contributed by atoms with Crippen LogP contribution in [0, 0.1) is 0 Å². The summed E-state index contributed by atoms with van der Waals surface area (Å²) < 4.78 is 46.0. The molecule has 0 fully saturated rings. The fraction of sp³-hybridized carbons (Fsp3) is 0.478. The Morgan fingerprint density at radius 3 is 2.42 bits per heavy atom. The summed E-state index contributed by atoms with van der Waals surface area (Å²) in [6.45, 7) is 7.16. The molecule has 2 amide bonds. The van der Waals surface area contributed by atoms with Crippen LogP contribution in [0.25, 0.3) is 0 Å². The van der Waals surface area contributed by atoms with E-state index in [4.69, 9.17) is 4.74 Å². The molecule has 182 valence electrons. The molecule has 10 heteroatoms. The van der Waals surface area contributed by atoms with Crippen molar-refractivity contribution >= 4 is 17.5 Å². The summed E-state index contributed by atoms with van der Waals surface area (Å²) in [6, 6.07) is 4.73. The Morgan fingerprint density at radius 1 is 1.12 bits per heavy atom. The van der Waals surface area contributed by atoms with E-state index >= 15 is 0 Å². The number of anilines is 1. The third kappa shape index (κ3) is 8.80. The van der Waals surface area contributed by atoms with Crippen molar-refractivity contribution in [1.82, 2.24) is 10.2 Å². The van der Waals surface area contributed by atoms with Crippen LogP contribution in [0.4, 0.5) is 18.9 Å². The highest BCUT2D eigenvalue weighted by Crippen LogP contribution is 2.28. The predicted molar refractivity (Wildman–Crippen MR) is 119 cm³/mol. The number of allylic oxidation sites excluding steroid dienone is 3. The largest absolute Gasteiger partial charge is 0.572 e. The lowest BCUT2D eigenvalue weighted by molar-refractivity contribution is -0.306.